The molecular formula is C21H23N. The Morgan fingerprint density at radius 3 is 2.50 bits per heavy atom. The molecule has 112 valence electrons. The first kappa shape index (κ1) is 14.6. The predicted octanol–water partition coefficient (Wildman–Crippen LogP) is 5.99. The van der Waals surface area contributed by atoms with Gasteiger partial charge in [0.05, 0.1) is 0 Å². The lowest BCUT2D eigenvalue weighted by atomic mass is 10.0. The fraction of sp³-hybridized carbons (Fsp3) is 0.238. The minimum Gasteiger partial charge on any atom is -0.315 e. The van der Waals surface area contributed by atoms with E-state index in [0.29, 0.717) is 0 Å². The van der Waals surface area contributed by atoms with Crippen LogP contribution in [0.2, 0.25) is 0 Å². The Balaban J connectivity index is 1.97. The van der Waals surface area contributed by atoms with Crippen LogP contribution in [0.15, 0.2) is 78.2 Å². The average Bonchev–Trinajstić information content (AvgIpc) is 2.59. The van der Waals surface area contributed by atoms with E-state index in [1.165, 1.54) is 22.6 Å². The van der Waals surface area contributed by atoms with E-state index >= 15 is 0 Å². The maximum Gasteiger partial charge on any atom is 0.0458 e. The summed E-state index contributed by atoms with van der Waals surface area (Å²) in [5, 5.41) is 0. The van der Waals surface area contributed by atoms with Crippen LogP contribution in [0.4, 0.5) is 5.69 Å². The van der Waals surface area contributed by atoms with Gasteiger partial charge in [0.1, 0.15) is 0 Å². The highest BCUT2D eigenvalue weighted by molar-refractivity contribution is 5.64. The van der Waals surface area contributed by atoms with Gasteiger partial charge in [0.2, 0.25) is 0 Å². The number of nitrogens with zero attached hydrogens (tertiary/aromatic N) is 1. The van der Waals surface area contributed by atoms with Gasteiger partial charge in [0.25, 0.3) is 0 Å². The molecule has 0 N–H and O–H groups in total. The van der Waals surface area contributed by atoms with Gasteiger partial charge in [-0.15, -0.1) is 0 Å². The molecule has 0 radical (unpaired) electrons. The smallest absolute Gasteiger partial charge is 0.0458 e. The van der Waals surface area contributed by atoms with Gasteiger partial charge >= 0.3 is 0 Å². The van der Waals surface area contributed by atoms with Gasteiger partial charge in [-0.1, -0.05) is 48.6 Å². The van der Waals surface area contributed by atoms with Gasteiger partial charge in [-0.2, -0.15) is 0 Å². The summed E-state index contributed by atoms with van der Waals surface area (Å²) in [4.78, 5) is 2.40. The van der Waals surface area contributed by atoms with Crippen LogP contribution in [0.3, 0.4) is 0 Å². The van der Waals surface area contributed by atoms with Crippen molar-refractivity contribution >= 4 is 11.8 Å². The molecule has 0 unspecified atom stereocenters. The summed E-state index contributed by atoms with van der Waals surface area (Å²) in [6, 6.07) is 8.82. The molecule has 0 spiro atoms. The SMILES string of the molecule is C/C=C/c1ccc(N(C2=CCCC=C2)C2=CC=CCC2)cc1. The van der Waals surface area contributed by atoms with Crippen molar-refractivity contribution in [1.29, 1.82) is 0 Å². The average molecular weight is 289 g/mol. The monoisotopic (exact) mass is 289 g/mol. The van der Waals surface area contributed by atoms with E-state index in [2.05, 4.69) is 84.7 Å². The normalized spacial score (nSPS) is 17.5. The van der Waals surface area contributed by atoms with Gasteiger partial charge in [-0.3, -0.25) is 0 Å². The Morgan fingerprint density at radius 2 is 1.86 bits per heavy atom. The molecule has 0 aromatic heterocycles. The Labute approximate surface area is 133 Å². The summed E-state index contributed by atoms with van der Waals surface area (Å²) >= 11 is 0. The quantitative estimate of drug-likeness (QED) is 0.657. The summed E-state index contributed by atoms with van der Waals surface area (Å²) in [5.74, 6) is 0. The molecule has 3 rings (SSSR count). The number of rotatable bonds is 4. The maximum absolute atomic E-state index is 2.40. The number of hydrogen-bond acceptors (Lipinski definition) is 1. The molecule has 0 bridgehead atoms. The zero-order chi connectivity index (χ0) is 15.2. The van der Waals surface area contributed by atoms with Crippen LogP contribution in [0, 0.1) is 0 Å². The van der Waals surface area contributed by atoms with Gasteiger partial charge in [0.15, 0.2) is 0 Å². The van der Waals surface area contributed by atoms with Crippen LogP contribution in [-0.4, -0.2) is 0 Å². The van der Waals surface area contributed by atoms with Crippen molar-refractivity contribution in [2.45, 2.75) is 32.6 Å². The van der Waals surface area contributed by atoms with E-state index in [-0.39, 0.29) is 0 Å². The Hall–Kier alpha value is -2.28. The lowest BCUT2D eigenvalue weighted by Crippen LogP contribution is -2.22. The second-order valence-electron chi connectivity index (χ2n) is 5.66. The molecule has 0 atom stereocenters. The first-order valence-corrected chi connectivity index (χ1v) is 8.14. The fourth-order valence-corrected chi connectivity index (χ4v) is 2.95. The van der Waals surface area contributed by atoms with Crippen LogP contribution in [0.25, 0.3) is 6.08 Å². The molecule has 0 fully saturated rings. The lowest BCUT2D eigenvalue weighted by Gasteiger charge is -2.30. The van der Waals surface area contributed by atoms with E-state index in [1.54, 1.807) is 0 Å². The third kappa shape index (κ3) is 3.30. The van der Waals surface area contributed by atoms with E-state index in [9.17, 15) is 0 Å². The van der Waals surface area contributed by atoms with Crippen molar-refractivity contribution in [3.05, 3.63) is 83.8 Å². The minimum atomic E-state index is 1.10. The summed E-state index contributed by atoms with van der Waals surface area (Å²) in [7, 11) is 0. The van der Waals surface area contributed by atoms with Gasteiger partial charge in [-0.05, 0) is 62.5 Å². The fourth-order valence-electron chi connectivity index (χ4n) is 2.95. The zero-order valence-electron chi connectivity index (χ0n) is 13.2. The van der Waals surface area contributed by atoms with Crippen molar-refractivity contribution < 1.29 is 0 Å². The van der Waals surface area contributed by atoms with Crippen molar-refractivity contribution in [2.75, 3.05) is 4.90 Å². The van der Waals surface area contributed by atoms with E-state index < -0.39 is 0 Å². The van der Waals surface area contributed by atoms with Crippen molar-refractivity contribution in [2.24, 2.45) is 0 Å². The van der Waals surface area contributed by atoms with E-state index in [0.717, 1.165) is 25.7 Å². The number of allylic oxidation sites excluding steroid dienone is 8. The summed E-state index contributed by atoms with van der Waals surface area (Å²) in [6.45, 7) is 2.05. The summed E-state index contributed by atoms with van der Waals surface area (Å²) in [6.07, 6.45) is 22.2. The predicted molar refractivity (Wildman–Crippen MR) is 96.5 cm³/mol. The number of anilines is 1. The first-order chi connectivity index (χ1) is 10.9. The highest BCUT2D eigenvalue weighted by Gasteiger charge is 2.16. The van der Waals surface area contributed by atoms with E-state index in [4.69, 9.17) is 0 Å². The standard InChI is InChI=1S/C21H23N/c1-2-9-18-14-16-21(17-15-18)22(19-10-5-3-6-11-19)20-12-7-4-8-13-20/h2-3,5,7,9-10,12-17H,4,6,8,11H2,1H3/b9-2+. The Kier molecular flexibility index (Phi) is 4.75. The van der Waals surface area contributed by atoms with Crippen LogP contribution in [-0.2, 0) is 0 Å². The van der Waals surface area contributed by atoms with Gasteiger partial charge in [-0.25, -0.2) is 0 Å². The van der Waals surface area contributed by atoms with Crippen LogP contribution in [0.5, 0.6) is 0 Å². The molecule has 1 nitrogen and oxygen atoms in total. The Morgan fingerprint density at radius 1 is 1.00 bits per heavy atom. The topological polar surface area (TPSA) is 3.24 Å². The molecule has 0 heterocycles. The number of hydrogen-bond donors (Lipinski definition) is 0. The van der Waals surface area contributed by atoms with Gasteiger partial charge < -0.3 is 4.90 Å². The molecule has 0 amide bonds. The van der Waals surface area contributed by atoms with Gasteiger partial charge in [0, 0.05) is 17.1 Å². The highest BCUT2D eigenvalue weighted by atomic mass is 15.2. The molecule has 2 aliphatic rings. The molecule has 0 aliphatic heterocycles. The lowest BCUT2D eigenvalue weighted by molar-refractivity contribution is 0.887. The summed E-state index contributed by atoms with van der Waals surface area (Å²) in [5.41, 5.74) is 5.16. The van der Waals surface area contributed by atoms with E-state index in [1.807, 2.05) is 0 Å². The second-order valence-corrected chi connectivity index (χ2v) is 5.66. The zero-order valence-corrected chi connectivity index (χ0v) is 13.2. The third-order valence-corrected chi connectivity index (χ3v) is 4.02. The molecule has 1 aromatic carbocycles. The van der Waals surface area contributed by atoms with Crippen LogP contribution >= 0.6 is 0 Å². The number of benzene rings is 1. The third-order valence-electron chi connectivity index (χ3n) is 4.02. The first-order valence-electron chi connectivity index (χ1n) is 8.14. The van der Waals surface area contributed by atoms with Crippen molar-refractivity contribution in [3.63, 3.8) is 0 Å². The van der Waals surface area contributed by atoms with Crippen LogP contribution < -0.4 is 4.90 Å². The van der Waals surface area contributed by atoms with Crippen molar-refractivity contribution in [1.82, 2.24) is 0 Å². The minimum absolute atomic E-state index is 1.10. The largest absolute Gasteiger partial charge is 0.315 e. The van der Waals surface area contributed by atoms with Crippen molar-refractivity contribution in [3.8, 4) is 0 Å². The molecule has 0 saturated carbocycles. The molecule has 0 saturated heterocycles. The second kappa shape index (κ2) is 7.13. The summed E-state index contributed by atoms with van der Waals surface area (Å²) < 4.78 is 0. The van der Waals surface area contributed by atoms with Crippen LogP contribution in [0.1, 0.15) is 38.2 Å². The molecule has 2 aliphatic carbocycles. The highest BCUT2D eigenvalue weighted by Crippen LogP contribution is 2.31. The Bertz CT molecular complexity index is 654. The molecule has 22 heavy (non-hydrogen) atoms. The maximum atomic E-state index is 2.40. The molecule has 1 heteroatoms. The molecular weight excluding hydrogens is 266 g/mol. The molecule has 1 aromatic rings.